The SMILES string of the molecule is O=C1NC(=O)N(c2ccc(OCc3ccccc3)cc2)C(=O)/C1=C/c1cc(Cl)cc(Cl)c1OCc1ccccc1. The van der Waals surface area contributed by atoms with Crippen molar-refractivity contribution in [3.05, 3.63) is 129 Å². The minimum Gasteiger partial charge on any atom is -0.489 e. The second kappa shape index (κ2) is 12.1. The number of ether oxygens (including phenoxy) is 2. The second-order valence-electron chi connectivity index (χ2n) is 8.81. The lowest BCUT2D eigenvalue weighted by Gasteiger charge is -2.26. The van der Waals surface area contributed by atoms with Crippen LogP contribution < -0.4 is 19.7 Å². The van der Waals surface area contributed by atoms with Crippen LogP contribution in [-0.4, -0.2) is 17.8 Å². The molecule has 1 saturated heterocycles. The van der Waals surface area contributed by atoms with E-state index in [4.69, 9.17) is 32.7 Å². The van der Waals surface area contributed by atoms with Gasteiger partial charge in [-0.25, -0.2) is 9.69 Å². The van der Waals surface area contributed by atoms with Crippen LogP contribution in [0.4, 0.5) is 10.5 Å². The Bertz CT molecular complexity index is 1590. The van der Waals surface area contributed by atoms with Gasteiger partial charge in [0.2, 0.25) is 0 Å². The zero-order valence-corrected chi connectivity index (χ0v) is 22.5. The fourth-order valence-corrected chi connectivity index (χ4v) is 4.61. The van der Waals surface area contributed by atoms with Gasteiger partial charge < -0.3 is 9.47 Å². The number of barbiturate groups is 1. The summed E-state index contributed by atoms with van der Waals surface area (Å²) in [5.74, 6) is -0.861. The number of urea groups is 1. The number of benzene rings is 4. The van der Waals surface area contributed by atoms with Crippen LogP contribution in [0.3, 0.4) is 0 Å². The second-order valence-corrected chi connectivity index (χ2v) is 9.65. The smallest absolute Gasteiger partial charge is 0.335 e. The molecule has 4 aromatic rings. The number of nitrogens with zero attached hydrogens (tertiary/aromatic N) is 1. The number of hydrogen-bond acceptors (Lipinski definition) is 5. The minimum atomic E-state index is -0.866. The van der Waals surface area contributed by atoms with Gasteiger partial charge in [0, 0.05) is 10.6 Å². The molecule has 1 heterocycles. The van der Waals surface area contributed by atoms with Crippen LogP contribution in [0.15, 0.2) is 103 Å². The van der Waals surface area contributed by atoms with Crippen molar-refractivity contribution >= 4 is 52.8 Å². The summed E-state index contributed by atoms with van der Waals surface area (Å²) in [6.45, 7) is 0.559. The van der Waals surface area contributed by atoms with Crippen LogP contribution in [0.5, 0.6) is 11.5 Å². The number of carbonyl (C=O) groups is 3. The molecule has 0 radical (unpaired) electrons. The zero-order chi connectivity index (χ0) is 28.1. The van der Waals surface area contributed by atoms with Gasteiger partial charge in [0.25, 0.3) is 11.8 Å². The molecule has 0 saturated carbocycles. The molecule has 1 aliphatic rings. The Kier molecular flexibility index (Phi) is 8.15. The van der Waals surface area contributed by atoms with Crippen LogP contribution >= 0.6 is 23.2 Å². The summed E-state index contributed by atoms with van der Waals surface area (Å²) in [6.07, 6.45) is 1.31. The Hall–Kier alpha value is -4.59. The van der Waals surface area contributed by atoms with E-state index >= 15 is 0 Å². The molecule has 1 N–H and O–H groups in total. The average Bonchev–Trinajstić information content (AvgIpc) is 2.95. The van der Waals surface area contributed by atoms with E-state index in [9.17, 15) is 14.4 Å². The number of rotatable bonds is 8. The molecule has 40 heavy (non-hydrogen) atoms. The summed E-state index contributed by atoms with van der Waals surface area (Å²) in [6, 6.07) is 27.7. The molecular weight excluding hydrogens is 551 g/mol. The van der Waals surface area contributed by atoms with Gasteiger partial charge in [-0.3, -0.25) is 14.9 Å². The van der Waals surface area contributed by atoms with Gasteiger partial charge in [-0.2, -0.15) is 0 Å². The Morgan fingerprint density at radius 2 is 1.35 bits per heavy atom. The van der Waals surface area contributed by atoms with Gasteiger partial charge in [-0.05, 0) is 53.6 Å². The maximum atomic E-state index is 13.4. The van der Waals surface area contributed by atoms with E-state index in [1.165, 1.54) is 18.2 Å². The highest BCUT2D eigenvalue weighted by molar-refractivity contribution is 6.40. The first-order valence-corrected chi connectivity index (χ1v) is 13.0. The Morgan fingerprint density at radius 3 is 1.98 bits per heavy atom. The molecule has 0 atom stereocenters. The summed E-state index contributed by atoms with van der Waals surface area (Å²) in [5, 5.41) is 2.71. The quantitative estimate of drug-likeness (QED) is 0.185. The number of carbonyl (C=O) groups excluding carboxylic acids is 3. The first-order chi connectivity index (χ1) is 19.4. The normalized spacial score (nSPS) is 14.3. The standard InChI is InChI=1S/C31H22Cl2N2O5/c32-23-15-22(28(27(33)17-23)40-19-21-9-5-2-6-10-21)16-26-29(36)34-31(38)35(30(26)37)24-11-13-25(14-12-24)39-18-20-7-3-1-4-8-20/h1-17H,18-19H2,(H,34,36,38)/b26-16+. The molecule has 0 aliphatic carbocycles. The Morgan fingerprint density at radius 1 is 0.750 bits per heavy atom. The summed E-state index contributed by atoms with van der Waals surface area (Å²) >= 11 is 12.6. The lowest BCUT2D eigenvalue weighted by Crippen LogP contribution is -2.54. The predicted octanol–water partition coefficient (Wildman–Crippen LogP) is 6.82. The third-order valence-corrected chi connectivity index (χ3v) is 6.51. The van der Waals surface area contributed by atoms with Gasteiger partial charge in [0.05, 0.1) is 10.7 Å². The van der Waals surface area contributed by atoms with Crippen molar-refractivity contribution in [3.8, 4) is 11.5 Å². The number of nitrogens with one attached hydrogen (secondary N) is 1. The Labute approximate surface area is 240 Å². The molecule has 0 unspecified atom stereocenters. The van der Waals surface area contributed by atoms with Crippen LogP contribution in [0, 0.1) is 0 Å². The molecule has 0 aromatic heterocycles. The molecule has 200 valence electrons. The van der Waals surface area contributed by atoms with Crippen LogP contribution in [0.2, 0.25) is 10.0 Å². The van der Waals surface area contributed by atoms with Crippen LogP contribution in [0.25, 0.3) is 6.08 Å². The first-order valence-electron chi connectivity index (χ1n) is 12.2. The highest BCUT2D eigenvalue weighted by atomic mass is 35.5. The van der Waals surface area contributed by atoms with Gasteiger partial charge in [-0.1, -0.05) is 83.9 Å². The fourth-order valence-electron chi connectivity index (χ4n) is 4.05. The molecule has 5 rings (SSSR count). The lowest BCUT2D eigenvalue weighted by molar-refractivity contribution is -0.122. The number of amides is 4. The van der Waals surface area contributed by atoms with Crippen molar-refractivity contribution in [1.82, 2.24) is 5.32 Å². The van der Waals surface area contributed by atoms with Crippen molar-refractivity contribution in [2.24, 2.45) is 0 Å². The molecule has 9 heteroatoms. The van der Waals surface area contributed by atoms with E-state index in [1.54, 1.807) is 24.3 Å². The number of hydrogen-bond donors (Lipinski definition) is 1. The zero-order valence-electron chi connectivity index (χ0n) is 21.0. The molecule has 4 amide bonds. The number of halogens is 2. The van der Waals surface area contributed by atoms with Gasteiger partial charge in [0.15, 0.2) is 0 Å². The molecule has 0 spiro atoms. The Balaban J connectivity index is 1.39. The first kappa shape index (κ1) is 27.0. The van der Waals surface area contributed by atoms with Gasteiger partial charge in [-0.15, -0.1) is 0 Å². The van der Waals surface area contributed by atoms with Crippen molar-refractivity contribution in [2.45, 2.75) is 13.2 Å². The maximum Gasteiger partial charge on any atom is 0.335 e. The monoisotopic (exact) mass is 572 g/mol. The molecule has 7 nitrogen and oxygen atoms in total. The predicted molar refractivity (Wildman–Crippen MR) is 153 cm³/mol. The van der Waals surface area contributed by atoms with E-state index in [0.29, 0.717) is 17.9 Å². The van der Waals surface area contributed by atoms with Gasteiger partial charge >= 0.3 is 6.03 Å². The summed E-state index contributed by atoms with van der Waals surface area (Å²) < 4.78 is 11.7. The fraction of sp³-hybridized carbons (Fsp3) is 0.0645. The highest BCUT2D eigenvalue weighted by Crippen LogP contribution is 2.35. The minimum absolute atomic E-state index is 0.196. The molecule has 4 aromatic carbocycles. The van der Waals surface area contributed by atoms with Crippen molar-refractivity contribution in [2.75, 3.05) is 4.90 Å². The van der Waals surface area contributed by atoms with Crippen LogP contribution in [-0.2, 0) is 22.8 Å². The van der Waals surface area contributed by atoms with Gasteiger partial charge in [0.1, 0.15) is 30.3 Å². The van der Waals surface area contributed by atoms with E-state index in [0.717, 1.165) is 16.0 Å². The molecule has 1 aliphatic heterocycles. The molecular formula is C31H22Cl2N2O5. The molecule has 1 fully saturated rings. The van der Waals surface area contributed by atoms with E-state index in [-0.39, 0.29) is 33.7 Å². The summed E-state index contributed by atoms with van der Waals surface area (Å²) in [7, 11) is 0. The van der Waals surface area contributed by atoms with E-state index in [1.807, 2.05) is 60.7 Å². The topological polar surface area (TPSA) is 84.9 Å². The average molecular weight is 573 g/mol. The number of imide groups is 2. The third kappa shape index (κ3) is 6.17. The van der Waals surface area contributed by atoms with E-state index in [2.05, 4.69) is 5.32 Å². The maximum absolute atomic E-state index is 13.4. The largest absolute Gasteiger partial charge is 0.489 e. The lowest BCUT2D eigenvalue weighted by atomic mass is 10.1. The molecule has 0 bridgehead atoms. The van der Waals surface area contributed by atoms with Crippen molar-refractivity contribution in [1.29, 1.82) is 0 Å². The number of anilines is 1. The summed E-state index contributed by atoms with van der Waals surface area (Å²) in [5.41, 5.74) is 2.18. The van der Waals surface area contributed by atoms with Crippen LogP contribution in [0.1, 0.15) is 16.7 Å². The van der Waals surface area contributed by atoms with E-state index < -0.39 is 17.8 Å². The van der Waals surface area contributed by atoms with Crippen molar-refractivity contribution in [3.63, 3.8) is 0 Å². The van der Waals surface area contributed by atoms with Crippen molar-refractivity contribution < 1.29 is 23.9 Å². The summed E-state index contributed by atoms with van der Waals surface area (Å²) in [4.78, 5) is 39.8. The highest BCUT2D eigenvalue weighted by Gasteiger charge is 2.37. The third-order valence-electron chi connectivity index (χ3n) is 6.01.